The minimum absolute atomic E-state index is 0.426. The van der Waals surface area contributed by atoms with Crippen molar-refractivity contribution in [3.05, 3.63) is 12.7 Å². The van der Waals surface area contributed by atoms with Gasteiger partial charge in [-0.1, -0.05) is 29.8 Å². The van der Waals surface area contributed by atoms with Gasteiger partial charge in [-0.3, -0.25) is 4.79 Å². The molecule has 0 aromatic heterocycles. The molecule has 0 aliphatic carbocycles. The van der Waals surface area contributed by atoms with Gasteiger partial charge in [-0.2, -0.15) is 0 Å². The molecular formula is C7H8Cl2O4. The molecule has 0 aromatic carbocycles. The number of alkyl halides is 2. The Balaban J connectivity index is 3.99. The van der Waals surface area contributed by atoms with Crippen LogP contribution in [0.4, 0.5) is 0 Å². The second-order valence-corrected chi connectivity index (χ2v) is 3.46. The molecule has 0 heterocycles. The lowest BCUT2D eigenvalue weighted by Gasteiger charge is -2.17. The summed E-state index contributed by atoms with van der Waals surface area (Å²) in [6, 6.07) is 0. The highest BCUT2D eigenvalue weighted by Gasteiger charge is 2.29. The highest BCUT2D eigenvalue weighted by molar-refractivity contribution is 6.47. The van der Waals surface area contributed by atoms with Gasteiger partial charge in [-0.05, 0) is 0 Å². The maximum Gasteiger partial charge on any atom is 0.332 e. The summed E-state index contributed by atoms with van der Waals surface area (Å²) in [5.74, 6) is -1.36. The largest absolute Gasteiger partial charge is 0.459 e. The molecule has 0 rings (SSSR count). The average molecular weight is 227 g/mol. The number of ether oxygens (including phenoxy) is 2. The lowest BCUT2D eigenvalue weighted by Crippen LogP contribution is -2.28. The summed E-state index contributed by atoms with van der Waals surface area (Å²) < 4.78 is 7.01. The first kappa shape index (κ1) is 12.3. The van der Waals surface area contributed by atoms with Gasteiger partial charge in [-0.25, -0.2) is 4.79 Å². The van der Waals surface area contributed by atoms with E-state index in [0.29, 0.717) is 0 Å². The lowest BCUT2D eigenvalue weighted by molar-refractivity contribution is -0.152. The van der Waals surface area contributed by atoms with Gasteiger partial charge in [0.2, 0.25) is 0 Å². The third-order valence-electron chi connectivity index (χ3n) is 0.860. The third kappa shape index (κ3) is 6.42. The van der Waals surface area contributed by atoms with E-state index in [1.54, 1.807) is 0 Å². The molecule has 0 atom stereocenters. The fourth-order valence-corrected chi connectivity index (χ4v) is 0.665. The van der Waals surface area contributed by atoms with Gasteiger partial charge >= 0.3 is 11.9 Å². The highest BCUT2D eigenvalue weighted by atomic mass is 35.5. The summed E-state index contributed by atoms with van der Waals surface area (Å²) >= 11 is 10.9. The van der Waals surface area contributed by atoms with Gasteiger partial charge < -0.3 is 9.47 Å². The predicted molar refractivity (Wildman–Crippen MR) is 47.4 cm³/mol. The van der Waals surface area contributed by atoms with Crippen LogP contribution < -0.4 is 0 Å². The van der Waals surface area contributed by atoms with Crippen LogP contribution in [-0.2, 0) is 19.1 Å². The van der Waals surface area contributed by atoms with E-state index >= 15 is 0 Å². The van der Waals surface area contributed by atoms with E-state index in [1.807, 2.05) is 0 Å². The summed E-state index contributed by atoms with van der Waals surface area (Å²) in [4.78, 5) is 21.0. The summed E-state index contributed by atoms with van der Waals surface area (Å²) in [5.41, 5.74) is 0. The molecule has 0 aliphatic rings. The SMILES string of the molecule is C=CC(=O)OC(Cl)(Cl)COC(C)=O. The van der Waals surface area contributed by atoms with E-state index in [9.17, 15) is 9.59 Å². The Morgan fingerprint density at radius 2 is 2.08 bits per heavy atom. The van der Waals surface area contributed by atoms with Gasteiger partial charge in [0.25, 0.3) is 4.52 Å². The van der Waals surface area contributed by atoms with Gasteiger partial charge in [0, 0.05) is 13.0 Å². The van der Waals surface area contributed by atoms with E-state index in [4.69, 9.17) is 23.2 Å². The number of hydrogen-bond donors (Lipinski definition) is 0. The number of carbonyl (C=O) groups excluding carboxylic acids is 2. The molecule has 0 radical (unpaired) electrons. The van der Waals surface area contributed by atoms with Crippen molar-refractivity contribution in [3.63, 3.8) is 0 Å². The molecule has 0 spiro atoms. The fourth-order valence-electron chi connectivity index (χ4n) is 0.404. The Kier molecular flexibility index (Phi) is 4.80. The second-order valence-electron chi connectivity index (χ2n) is 2.04. The smallest absolute Gasteiger partial charge is 0.332 e. The molecule has 0 aromatic rings. The zero-order valence-electron chi connectivity index (χ0n) is 6.88. The van der Waals surface area contributed by atoms with Crippen molar-refractivity contribution in [1.82, 2.24) is 0 Å². The van der Waals surface area contributed by atoms with Crippen molar-refractivity contribution < 1.29 is 19.1 Å². The number of esters is 2. The zero-order chi connectivity index (χ0) is 10.5. The number of carbonyl (C=O) groups is 2. The molecule has 0 N–H and O–H groups in total. The van der Waals surface area contributed by atoms with Crippen molar-refractivity contribution in [3.8, 4) is 0 Å². The van der Waals surface area contributed by atoms with Crippen molar-refractivity contribution in [2.75, 3.05) is 6.61 Å². The molecule has 13 heavy (non-hydrogen) atoms. The van der Waals surface area contributed by atoms with Gasteiger partial charge in [0.05, 0.1) is 0 Å². The lowest BCUT2D eigenvalue weighted by atomic mass is 10.6. The predicted octanol–water partition coefficient (Wildman–Crippen LogP) is 1.41. The summed E-state index contributed by atoms with van der Waals surface area (Å²) in [6.45, 7) is 3.89. The maximum atomic E-state index is 10.6. The molecule has 74 valence electrons. The zero-order valence-corrected chi connectivity index (χ0v) is 8.39. The summed E-state index contributed by atoms with van der Waals surface area (Å²) in [6.07, 6.45) is 0.896. The van der Waals surface area contributed by atoms with E-state index in [2.05, 4.69) is 16.1 Å². The Labute approximate surface area is 85.4 Å². The Morgan fingerprint density at radius 1 is 1.54 bits per heavy atom. The average Bonchev–Trinajstić information content (AvgIpc) is 2.00. The molecule has 0 bridgehead atoms. The van der Waals surface area contributed by atoms with Crippen LogP contribution in [0, 0.1) is 0 Å². The standard InChI is InChI=1S/C7H8Cl2O4/c1-3-6(11)13-7(8,9)4-12-5(2)10/h3H,1,4H2,2H3. The van der Waals surface area contributed by atoms with E-state index in [1.165, 1.54) is 6.92 Å². The monoisotopic (exact) mass is 226 g/mol. The van der Waals surface area contributed by atoms with Crippen LogP contribution in [0.1, 0.15) is 6.92 Å². The Hall–Kier alpha value is -0.740. The first-order valence-electron chi connectivity index (χ1n) is 3.24. The molecule has 0 fully saturated rings. The summed E-state index contributed by atoms with van der Waals surface area (Å²) in [5, 5.41) is 0. The first-order chi connectivity index (χ1) is 5.87. The van der Waals surface area contributed by atoms with E-state index < -0.39 is 23.1 Å². The number of rotatable bonds is 4. The first-order valence-corrected chi connectivity index (χ1v) is 3.99. The van der Waals surface area contributed by atoms with Crippen molar-refractivity contribution in [1.29, 1.82) is 0 Å². The van der Waals surface area contributed by atoms with Crippen LogP contribution in [-0.4, -0.2) is 23.1 Å². The van der Waals surface area contributed by atoms with Gasteiger partial charge in [0.15, 0.2) is 6.61 Å². The number of hydrogen-bond acceptors (Lipinski definition) is 4. The summed E-state index contributed by atoms with van der Waals surface area (Å²) in [7, 11) is 0. The van der Waals surface area contributed by atoms with Gasteiger partial charge in [0.1, 0.15) is 0 Å². The van der Waals surface area contributed by atoms with Crippen LogP contribution >= 0.6 is 23.2 Å². The van der Waals surface area contributed by atoms with Crippen LogP contribution in [0.15, 0.2) is 12.7 Å². The minimum atomic E-state index is -1.86. The molecule has 0 saturated carbocycles. The Morgan fingerprint density at radius 3 is 2.46 bits per heavy atom. The quantitative estimate of drug-likeness (QED) is 0.414. The van der Waals surface area contributed by atoms with Gasteiger partial charge in [-0.15, -0.1) is 0 Å². The molecule has 4 nitrogen and oxygen atoms in total. The van der Waals surface area contributed by atoms with Crippen LogP contribution in [0.3, 0.4) is 0 Å². The van der Waals surface area contributed by atoms with E-state index in [0.717, 1.165) is 6.08 Å². The molecule has 0 saturated heterocycles. The topological polar surface area (TPSA) is 52.6 Å². The minimum Gasteiger partial charge on any atom is -0.459 e. The molecule has 0 aliphatic heterocycles. The normalized spacial score (nSPS) is 10.4. The van der Waals surface area contributed by atoms with Crippen molar-refractivity contribution >= 4 is 35.1 Å². The molecule has 0 amide bonds. The molecule has 0 unspecified atom stereocenters. The van der Waals surface area contributed by atoms with Crippen LogP contribution in [0.5, 0.6) is 0 Å². The third-order valence-corrected chi connectivity index (χ3v) is 1.23. The van der Waals surface area contributed by atoms with Crippen LogP contribution in [0.2, 0.25) is 0 Å². The maximum absolute atomic E-state index is 10.6. The highest BCUT2D eigenvalue weighted by Crippen LogP contribution is 2.23. The molecular weight excluding hydrogens is 219 g/mol. The molecule has 6 heteroatoms. The van der Waals surface area contributed by atoms with E-state index in [-0.39, 0.29) is 0 Å². The number of halogens is 2. The Bertz CT molecular complexity index is 225. The second kappa shape index (κ2) is 5.09. The fraction of sp³-hybridized carbons (Fsp3) is 0.429. The van der Waals surface area contributed by atoms with Crippen LogP contribution in [0.25, 0.3) is 0 Å². The van der Waals surface area contributed by atoms with Crippen molar-refractivity contribution in [2.45, 2.75) is 11.4 Å². The van der Waals surface area contributed by atoms with Crippen molar-refractivity contribution in [2.24, 2.45) is 0 Å².